The van der Waals surface area contributed by atoms with Crippen LogP contribution in [-0.4, -0.2) is 40.9 Å². The van der Waals surface area contributed by atoms with Crippen LogP contribution < -0.4 is 4.90 Å². The molecule has 0 aliphatic carbocycles. The molecule has 0 saturated carbocycles. The first-order valence-electron chi connectivity index (χ1n) is 4.45. The van der Waals surface area contributed by atoms with Crippen LogP contribution in [0.4, 0.5) is 5.95 Å². The van der Waals surface area contributed by atoms with Gasteiger partial charge in [0.25, 0.3) is 5.78 Å². The highest BCUT2D eigenvalue weighted by molar-refractivity contribution is 6.38. The summed E-state index contributed by atoms with van der Waals surface area (Å²) in [5, 5.41) is 8.34. The van der Waals surface area contributed by atoms with Crippen molar-refractivity contribution in [2.75, 3.05) is 19.0 Å². The van der Waals surface area contributed by atoms with E-state index in [0.717, 1.165) is 6.08 Å². The average Bonchev–Trinajstić information content (AvgIpc) is 2.26. The molecule has 1 aromatic heterocycles. The lowest BCUT2D eigenvalue weighted by atomic mass is 10.2. The van der Waals surface area contributed by atoms with Gasteiger partial charge in [0.05, 0.1) is 0 Å². The molecule has 0 aliphatic rings. The Hall–Kier alpha value is -2.24. The molecule has 0 atom stereocenters. The molecule has 0 bridgehead atoms. The topological polar surface area (TPSA) is 83.4 Å². The maximum atomic E-state index is 10.8. The van der Waals surface area contributed by atoms with Crippen LogP contribution in [0.1, 0.15) is 5.56 Å². The standard InChI is InChI=1S/C10H11N3O3/c1-13(2)10-11-5-7(6-12-10)3-4-8(14)9(15)16/h3-6H,1-2H3,(H,15,16)/b4-3+. The quantitative estimate of drug-likeness (QED) is 0.578. The molecule has 1 heterocycles. The lowest BCUT2D eigenvalue weighted by Gasteiger charge is -2.08. The molecule has 0 unspecified atom stereocenters. The fourth-order valence-electron chi connectivity index (χ4n) is 0.891. The van der Waals surface area contributed by atoms with Gasteiger partial charge in [0.15, 0.2) is 0 Å². The van der Waals surface area contributed by atoms with Crippen LogP contribution in [0.3, 0.4) is 0 Å². The van der Waals surface area contributed by atoms with Crippen LogP contribution in [0.5, 0.6) is 0 Å². The molecule has 0 fully saturated rings. The molecule has 0 spiro atoms. The summed E-state index contributed by atoms with van der Waals surface area (Å²) in [6.45, 7) is 0. The van der Waals surface area contributed by atoms with E-state index in [1.807, 2.05) is 0 Å². The second kappa shape index (κ2) is 5.01. The molecule has 6 heteroatoms. The predicted octanol–water partition coefficient (Wildman–Crippen LogP) is 0.209. The van der Waals surface area contributed by atoms with Gasteiger partial charge in [0.2, 0.25) is 5.95 Å². The third-order valence-corrected chi connectivity index (χ3v) is 1.70. The lowest BCUT2D eigenvalue weighted by molar-refractivity contribution is -0.146. The van der Waals surface area contributed by atoms with Gasteiger partial charge < -0.3 is 10.0 Å². The molecule has 1 aromatic rings. The van der Waals surface area contributed by atoms with Gasteiger partial charge in [-0.1, -0.05) is 0 Å². The minimum Gasteiger partial charge on any atom is -0.475 e. The Morgan fingerprint density at radius 2 is 1.88 bits per heavy atom. The molecule has 16 heavy (non-hydrogen) atoms. The van der Waals surface area contributed by atoms with Gasteiger partial charge in [0.1, 0.15) is 0 Å². The van der Waals surface area contributed by atoms with Crippen molar-refractivity contribution < 1.29 is 14.7 Å². The van der Waals surface area contributed by atoms with Crippen LogP contribution in [0, 0.1) is 0 Å². The number of carbonyl (C=O) groups is 2. The zero-order valence-corrected chi connectivity index (χ0v) is 8.91. The summed E-state index contributed by atoms with van der Waals surface area (Å²) in [6, 6.07) is 0. The minimum atomic E-state index is -1.48. The number of ketones is 1. The van der Waals surface area contributed by atoms with E-state index in [2.05, 4.69) is 9.97 Å². The molecule has 1 rings (SSSR count). The van der Waals surface area contributed by atoms with Crippen LogP contribution in [0.25, 0.3) is 6.08 Å². The minimum absolute atomic E-state index is 0.543. The van der Waals surface area contributed by atoms with Gasteiger partial charge >= 0.3 is 5.97 Å². The smallest absolute Gasteiger partial charge is 0.376 e. The number of carbonyl (C=O) groups excluding carboxylic acids is 1. The number of carboxylic acid groups (broad SMARTS) is 1. The molecule has 0 aliphatic heterocycles. The van der Waals surface area contributed by atoms with Crippen molar-refractivity contribution >= 4 is 23.8 Å². The predicted molar refractivity (Wildman–Crippen MR) is 58.0 cm³/mol. The maximum absolute atomic E-state index is 10.8. The summed E-state index contributed by atoms with van der Waals surface area (Å²) in [5.41, 5.74) is 0.570. The summed E-state index contributed by atoms with van der Waals surface area (Å²) < 4.78 is 0. The average molecular weight is 221 g/mol. The zero-order valence-electron chi connectivity index (χ0n) is 8.91. The largest absolute Gasteiger partial charge is 0.475 e. The van der Waals surface area contributed by atoms with Crippen molar-refractivity contribution in [3.63, 3.8) is 0 Å². The molecule has 0 amide bonds. The van der Waals surface area contributed by atoms with Gasteiger partial charge in [-0.25, -0.2) is 14.8 Å². The fraction of sp³-hybridized carbons (Fsp3) is 0.200. The summed E-state index contributed by atoms with van der Waals surface area (Å²) in [7, 11) is 3.61. The van der Waals surface area contributed by atoms with Crippen LogP contribution >= 0.6 is 0 Å². The number of aromatic nitrogens is 2. The Morgan fingerprint density at radius 3 is 2.31 bits per heavy atom. The summed E-state index contributed by atoms with van der Waals surface area (Å²) in [6.07, 6.45) is 5.34. The Bertz CT molecular complexity index is 423. The fourth-order valence-corrected chi connectivity index (χ4v) is 0.891. The second-order valence-electron chi connectivity index (χ2n) is 3.21. The van der Waals surface area contributed by atoms with E-state index in [1.54, 1.807) is 19.0 Å². The van der Waals surface area contributed by atoms with E-state index in [9.17, 15) is 9.59 Å². The normalized spacial score (nSPS) is 10.4. The molecule has 0 saturated heterocycles. The van der Waals surface area contributed by atoms with E-state index in [4.69, 9.17) is 5.11 Å². The van der Waals surface area contributed by atoms with E-state index < -0.39 is 11.8 Å². The van der Waals surface area contributed by atoms with Gasteiger partial charge in [-0.2, -0.15) is 0 Å². The summed E-state index contributed by atoms with van der Waals surface area (Å²) >= 11 is 0. The number of anilines is 1. The SMILES string of the molecule is CN(C)c1ncc(/C=C/C(=O)C(=O)O)cn1. The van der Waals surface area contributed by atoms with Crippen molar-refractivity contribution in [2.45, 2.75) is 0 Å². The molecule has 1 N–H and O–H groups in total. The van der Waals surface area contributed by atoms with E-state index in [0.29, 0.717) is 11.5 Å². The first-order valence-corrected chi connectivity index (χ1v) is 4.45. The number of nitrogens with zero attached hydrogens (tertiary/aromatic N) is 3. The van der Waals surface area contributed by atoms with Crippen molar-refractivity contribution in [1.29, 1.82) is 0 Å². The van der Waals surface area contributed by atoms with E-state index in [1.165, 1.54) is 18.5 Å². The Kier molecular flexibility index (Phi) is 3.71. The third-order valence-electron chi connectivity index (χ3n) is 1.70. The van der Waals surface area contributed by atoms with Gasteiger partial charge in [0, 0.05) is 32.1 Å². The summed E-state index contributed by atoms with van der Waals surface area (Å²) in [4.78, 5) is 30.7. The molecule has 6 nitrogen and oxygen atoms in total. The summed E-state index contributed by atoms with van der Waals surface area (Å²) in [5.74, 6) is -1.92. The molecule has 0 aromatic carbocycles. The van der Waals surface area contributed by atoms with Gasteiger partial charge in [-0.3, -0.25) is 4.79 Å². The number of aliphatic carboxylic acids is 1. The van der Waals surface area contributed by atoms with Crippen LogP contribution in [0.2, 0.25) is 0 Å². The van der Waals surface area contributed by atoms with Crippen LogP contribution in [0.15, 0.2) is 18.5 Å². The van der Waals surface area contributed by atoms with Crippen molar-refractivity contribution in [3.05, 3.63) is 24.0 Å². The van der Waals surface area contributed by atoms with Gasteiger partial charge in [-0.05, 0) is 12.2 Å². The molecule has 84 valence electrons. The Balaban J connectivity index is 2.76. The first kappa shape index (κ1) is 11.8. The third kappa shape index (κ3) is 3.16. The monoisotopic (exact) mass is 221 g/mol. The van der Waals surface area contributed by atoms with E-state index in [-0.39, 0.29) is 0 Å². The maximum Gasteiger partial charge on any atom is 0.376 e. The van der Waals surface area contributed by atoms with Crippen molar-refractivity contribution in [1.82, 2.24) is 9.97 Å². The number of hydrogen-bond donors (Lipinski definition) is 1. The van der Waals surface area contributed by atoms with Gasteiger partial charge in [-0.15, -0.1) is 0 Å². The molecular weight excluding hydrogens is 210 g/mol. The van der Waals surface area contributed by atoms with E-state index >= 15 is 0 Å². The van der Waals surface area contributed by atoms with Crippen LogP contribution in [-0.2, 0) is 9.59 Å². The Morgan fingerprint density at radius 1 is 1.31 bits per heavy atom. The number of carboxylic acids is 1. The molecule has 0 radical (unpaired) electrons. The first-order chi connectivity index (χ1) is 7.50. The van der Waals surface area contributed by atoms with Crippen molar-refractivity contribution in [2.24, 2.45) is 0 Å². The molecular formula is C10H11N3O3. The number of hydrogen-bond acceptors (Lipinski definition) is 5. The zero-order chi connectivity index (χ0) is 12.1. The Labute approximate surface area is 92.2 Å². The second-order valence-corrected chi connectivity index (χ2v) is 3.21. The highest BCUT2D eigenvalue weighted by Gasteiger charge is 2.05. The highest BCUT2D eigenvalue weighted by Crippen LogP contribution is 2.04. The van der Waals surface area contributed by atoms with Crippen molar-refractivity contribution in [3.8, 4) is 0 Å². The highest BCUT2D eigenvalue weighted by atomic mass is 16.4. The number of rotatable bonds is 4. The lowest BCUT2D eigenvalue weighted by Crippen LogP contribution is -2.12.